The van der Waals surface area contributed by atoms with E-state index >= 15 is 0 Å². The van der Waals surface area contributed by atoms with Gasteiger partial charge >= 0.3 is 5.97 Å². The van der Waals surface area contributed by atoms with Gasteiger partial charge in [-0.1, -0.05) is 0 Å². The first kappa shape index (κ1) is 9.25. The number of aromatic nitrogens is 4. The molecule has 1 N–H and O–H groups in total. The highest BCUT2D eigenvalue weighted by molar-refractivity contribution is 5.85. The van der Waals surface area contributed by atoms with Gasteiger partial charge in [0.15, 0.2) is 17.3 Å². The van der Waals surface area contributed by atoms with Gasteiger partial charge in [0.05, 0.1) is 12.4 Å². The Bertz CT molecular complexity index is 494. The summed E-state index contributed by atoms with van der Waals surface area (Å²) in [6, 6.07) is 2.66. The van der Waals surface area contributed by atoms with Gasteiger partial charge in [-0.3, -0.25) is 0 Å². The predicted molar refractivity (Wildman–Crippen MR) is 46.1 cm³/mol. The van der Waals surface area contributed by atoms with Crippen molar-refractivity contribution in [3.63, 3.8) is 0 Å². The zero-order chi connectivity index (χ0) is 10.8. The second-order valence-corrected chi connectivity index (χ2v) is 2.69. The Hall–Kier alpha value is -2.31. The number of carboxylic acid groups (broad SMARTS) is 1. The summed E-state index contributed by atoms with van der Waals surface area (Å²) in [5.41, 5.74) is -0.175. The molecular weight excluding hydrogens is 203 g/mol. The van der Waals surface area contributed by atoms with E-state index in [0.717, 1.165) is 17.1 Å². The fourth-order valence-corrected chi connectivity index (χ4v) is 0.988. The van der Waals surface area contributed by atoms with Crippen LogP contribution in [0.3, 0.4) is 0 Å². The summed E-state index contributed by atoms with van der Waals surface area (Å²) in [4.78, 5) is 10.5. The zero-order valence-electron chi connectivity index (χ0n) is 7.33. The zero-order valence-corrected chi connectivity index (χ0v) is 7.33. The van der Waals surface area contributed by atoms with E-state index in [1.54, 1.807) is 0 Å². The maximum Gasteiger partial charge on any atom is 0.356 e. The molecule has 7 heteroatoms. The van der Waals surface area contributed by atoms with Crippen LogP contribution in [0.5, 0.6) is 0 Å². The van der Waals surface area contributed by atoms with Crippen molar-refractivity contribution in [2.75, 3.05) is 0 Å². The monoisotopic (exact) mass is 208 g/mol. The number of hydrogen-bond donors (Lipinski definition) is 1. The van der Waals surface area contributed by atoms with Crippen LogP contribution in [0.1, 0.15) is 10.5 Å². The number of carbonyl (C=O) groups is 1. The van der Waals surface area contributed by atoms with E-state index in [9.17, 15) is 9.18 Å². The molecule has 0 saturated carbocycles. The number of carboxylic acids is 1. The topological polar surface area (TPSA) is 80.9 Å². The third-order valence-corrected chi connectivity index (χ3v) is 1.66. The van der Waals surface area contributed by atoms with Crippen molar-refractivity contribution in [3.05, 3.63) is 36.0 Å². The highest BCUT2D eigenvalue weighted by Crippen LogP contribution is 2.03. The fraction of sp³-hybridized carbons (Fsp3) is 0. The summed E-state index contributed by atoms with van der Waals surface area (Å²) in [7, 11) is 0. The number of rotatable bonds is 2. The molecule has 0 aliphatic carbocycles. The Kier molecular flexibility index (Phi) is 2.13. The molecule has 2 rings (SSSR count). The molecule has 0 bridgehead atoms. The molecule has 0 saturated heterocycles. The number of nitrogens with zero attached hydrogens (tertiary/aromatic N) is 4. The van der Waals surface area contributed by atoms with Crippen molar-refractivity contribution in [2.24, 2.45) is 0 Å². The van der Waals surface area contributed by atoms with E-state index in [2.05, 4.69) is 15.3 Å². The first-order valence-electron chi connectivity index (χ1n) is 3.94. The summed E-state index contributed by atoms with van der Waals surface area (Å²) >= 11 is 0. The largest absolute Gasteiger partial charge is 0.476 e. The van der Waals surface area contributed by atoms with E-state index in [1.807, 2.05) is 0 Å². The van der Waals surface area contributed by atoms with Crippen molar-refractivity contribution in [1.82, 2.24) is 20.0 Å². The number of aromatic carboxylic acids is 1. The molecule has 6 nitrogen and oxygen atoms in total. The first-order valence-corrected chi connectivity index (χ1v) is 3.94. The second kappa shape index (κ2) is 3.45. The average Bonchev–Trinajstić information content (AvgIpc) is 2.65. The van der Waals surface area contributed by atoms with Gasteiger partial charge < -0.3 is 5.11 Å². The summed E-state index contributed by atoms with van der Waals surface area (Å²) < 4.78 is 13.8. The van der Waals surface area contributed by atoms with Crippen LogP contribution in [-0.4, -0.2) is 31.1 Å². The number of halogens is 1. The van der Waals surface area contributed by atoms with Crippen LogP contribution in [0.4, 0.5) is 4.39 Å². The highest BCUT2D eigenvalue weighted by atomic mass is 19.1. The van der Waals surface area contributed by atoms with E-state index in [4.69, 9.17) is 5.11 Å². The Balaban J connectivity index is 2.35. The summed E-state index contributed by atoms with van der Waals surface area (Å²) in [6.07, 6.45) is 2.14. The molecule has 0 spiro atoms. The normalized spacial score (nSPS) is 10.2. The van der Waals surface area contributed by atoms with Gasteiger partial charge in [-0.2, -0.15) is 5.10 Å². The van der Waals surface area contributed by atoms with Gasteiger partial charge in [0.2, 0.25) is 0 Å². The van der Waals surface area contributed by atoms with Crippen LogP contribution < -0.4 is 0 Å². The van der Waals surface area contributed by atoms with Crippen molar-refractivity contribution >= 4 is 5.97 Å². The van der Waals surface area contributed by atoms with E-state index in [1.165, 1.54) is 12.1 Å². The quantitative estimate of drug-likeness (QED) is 0.777. The Labute approximate surface area is 83.0 Å². The van der Waals surface area contributed by atoms with Gasteiger partial charge in [0, 0.05) is 0 Å². The Morgan fingerprint density at radius 2 is 2.20 bits per heavy atom. The fourth-order valence-electron chi connectivity index (χ4n) is 0.988. The molecule has 2 heterocycles. The lowest BCUT2D eigenvalue weighted by molar-refractivity contribution is 0.0689. The lowest BCUT2D eigenvalue weighted by atomic mass is 10.4. The highest BCUT2D eigenvalue weighted by Gasteiger charge is 2.06. The molecule has 0 radical (unpaired) electrons. The molecule has 0 amide bonds. The molecule has 0 unspecified atom stereocenters. The summed E-state index contributed by atoms with van der Waals surface area (Å²) in [5, 5.41) is 19.2. The molecule has 2 aromatic rings. The smallest absolute Gasteiger partial charge is 0.356 e. The van der Waals surface area contributed by atoms with Crippen molar-refractivity contribution in [3.8, 4) is 5.82 Å². The van der Waals surface area contributed by atoms with Gasteiger partial charge in [0.1, 0.15) is 0 Å². The molecule has 15 heavy (non-hydrogen) atoms. The Morgan fingerprint density at radius 3 is 2.67 bits per heavy atom. The summed E-state index contributed by atoms with van der Waals surface area (Å²) in [6.45, 7) is 0. The number of hydrogen-bond acceptors (Lipinski definition) is 4. The van der Waals surface area contributed by atoms with Crippen molar-refractivity contribution in [2.45, 2.75) is 0 Å². The van der Waals surface area contributed by atoms with Gasteiger partial charge in [-0.05, 0) is 12.1 Å². The maximum absolute atomic E-state index is 12.6. The summed E-state index contributed by atoms with van der Waals surface area (Å²) in [5.74, 6) is -1.41. The minimum Gasteiger partial charge on any atom is -0.476 e. The molecular formula is C8H5FN4O2. The third kappa shape index (κ3) is 1.80. The average molecular weight is 208 g/mol. The van der Waals surface area contributed by atoms with Crippen LogP contribution in [-0.2, 0) is 0 Å². The maximum atomic E-state index is 12.6. The molecule has 0 aliphatic rings. The lowest BCUT2D eigenvalue weighted by Crippen LogP contribution is -2.05. The van der Waals surface area contributed by atoms with E-state index in [0.29, 0.717) is 0 Å². The molecule has 0 fully saturated rings. The standard InChI is InChI=1S/C8H5FN4O2/c9-5-3-10-13(4-5)7-2-1-6(8(14)15)11-12-7/h1-4H,(H,14,15). The minimum atomic E-state index is -1.17. The van der Waals surface area contributed by atoms with Crippen molar-refractivity contribution in [1.29, 1.82) is 0 Å². The molecule has 0 atom stereocenters. The van der Waals surface area contributed by atoms with Crippen LogP contribution in [0.2, 0.25) is 0 Å². The Morgan fingerprint density at radius 1 is 1.40 bits per heavy atom. The van der Waals surface area contributed by atoms with Crippen LogP contribution in [0, 0.1) is 5.82 Å². The molecule has 0 aromatic carbocycles. The van der Waals surface area contributed by atoms with Crippen LogP contribution in [0.25, 0.3) is 5.82 Å². The van der Waals surface area contributed by atoms with E-state index < -0.39 is 11.8 Å². The van der Waals surface area contributed by atoms with Crippen LogP contribution in [0.15, 0.2) is 24.5 Å². The SMILES string of the molecule is O=C(O)c1ccc(-n2cc(F)cn2)nn1. The molecule has 2 aromatic heterocycles. The molecule has 76 valence electrons. The van der Waals surface area contributed by atoms with Crippen molar-refractivity contribution < 1.29 is 14.3 Å². The van der Waals surface area contributed by atoms with Gasteiger partial charge in [0.25, 0.3) is 0 Å². The molecule has 0 aliphatic heterocycles. The minimum absolute atomic E-state index is 0.175. The van der Waals surface area contributed by atoms with E-state index in [-0.39, 0.29) is 11.5 Å². The van der Waals surface area contributed by atoms with Gasteiger partial charge in [-0.25, -0.2) is 13.9 Å². The lowest BCUT2D eigenvalue weighted by Gasteiger charge is -1.98. The van der Waals surface area contributed by atoms with Gasteiger partial charge in [-0.15, -0.1) is 10.2 Å². The predicted octanol–water partition coefficient (Wildman–Crippen LogP) is 0.500. The first-order chi connectivity index (χ1) is 7.16. The second-order valence-electron chi connectivity index (χ2n) is 2.69. The third-order valence-electron chi connectivity index (χ3n) is 1.66. The van der Waals surface area contributed by atoms with Crippen LogP contribution >= 0.6 is 0 Å².